The minimum absolute atomic E-state index is 0.0560. The number of halogens is 1. The van der Waals surface area contributed by atoms with Crippen molar-refractivity contribution in [1.29, 1.82) is 0 Å². The van der Waals surface area contributed by atoms with Crippen LogP contribution in [0.2, 0.25) is 0 Å². The first kappa shape index (κ1) is 24.2. The molecular weight excluding hydrogens is 433 g/mol. The van der Waals surface area contributed by atoms with Crippen LogP contribution in [0.3, 0.4) is 0 Å². The van der Waals surface area contributed by atoms with Gasteiger partial charge in [-0.05, 0) is 43.7 Å². The van der Waals surface area contributed by atoms with E-state index in [9.17, 15) is 14.0 Å². The molecule has 2 aliphatic rings. The number of piperazine rings is 1. The van der Waals surface area contributed by atoms with Crippen LogP contribution in [0.1, 0.15) is 24.8 Å². The number of carbonyl (C=O) groups excluding carboxylic acids is 2. The molecule has 4 rings (SSSR count). The van der Waals surface area contributed by atoms with E-state index in [1.807, 2.05) is 35.2 Å². The average molecular weight is 468 g/mol. The van der Waals surface area contributed by atoms with Crippen LogP contribution in [-0.2, 0) is 16.0 Å². The molecule has 0 bridgehead atoms. The maximum Gasteiger partial charge on any atom is 0.227 e. The highest BCUT2D eigenvalue weighted by molar-refractivity contribution is 5.79. The first-order valence-corrected chi connectivity index (χ1v) is 12.1. The summed E-state index contributed by atoms with van der Waals surface area (Å²) in [6, 6.07) is 16.1. The fourth-order valence-corrected chi connectivity index (χ4v) is 4.76. The third-order valence-corrected chi connectivity index (χ3v) is 7.15. The Balaban J connectivity index is 1.40. The molecule has 2 aromatic rings. The lowest BCUT2D eigenvalue weighted by atomic mass is 9.75. The molecule has 0 aliphatic carbocycles. The largest absolute Gasteiger partial charge is 0.493 e. The standard InChI is InChI=1S/C27H34FN3O3/c1-29-15-17-31(18-16-29)26(33)20-27(21-34-23-8-3-2-4-9-23)11-13-30(14-12-27)25(32)19-22-7-5-6-10-24(22)28/h2-10H,11-21H2,1H3. The molecule has 7 heteroatoms. The number of nitrogens with zero attached hydrogens (tertiary/aromatic N) is 3. The number of carbonyl (C=O) groups is 2. The first-order valence-electron chi connectivity index (χ1n) is 12.1. The Kier molecular flexibility index (Phi) is 7.83. The van der Waals surface area contributed by atoms with Gasteiger partial charge in [-0.15, -0.1) is 0 Å². The van der Waals surface area contributed by atoms with Crippen LogP contribution in [0.5, 0.6) is 5.75 Å². The van der Waals surface area contributed by atoms with Crippen LogP contribution in [-0.4, -0.2) is 79.4 Å². The Morgan fingerprint density at radius 1 is 0.853 bits per heavy atom. The van der Waals surface area contributed by atoms with E-state index in [2.05, 4.69) is 11.9 Å². The van der Waals surface area contributed by atoms with Crippen molar-refractivity contribution in [3.63, 3.8) is 0 Å². The van der Waals surface area contributed by atoms with Crippen molar-refractivity contribution < 1.29 is 18.7 Å². The first-order chi connectivity index (χ1) is 16.4. The third-order valence-electron chi connectivity index (χ3n) is 7.15. The van der Waals surface area contributed by atoms with Gasteiger partial charge in [-0.3, -0.25) is 9.59 Å². The highest BCUT2D eigenvalue weighted by atomic mass is 19.1. The van der Waals surface area contributed by atoms with Gasteiger partial charge in [0.2, 0.25) is 11.8 Å². The van der Waals surface area contributed by atoms with Crippen LogP contribution in [0.4, 0.5) is 4.39 Å². The van der Waals surface area contributed by atoms with E-state index in [4.69, 9.17) is 4.74 Å². The lowest BCUT2D eigenvalue weighted by Crippen LogP contribution is -2.51. The summed E-state index contributed by atoms with van der Waals surface area (Å²) >= 11 is 0. The molecule has 0 radical (unpaired) electrons. The normalized spacial score (nSPS) is 18.5. The molecule has 2 aliphatic heterocycles. The maximum absolute atomic E-state index is 14.0. The number of ether oxygens (including phenoxy) is 1. The number of piperidine rings is 1. The number of hydrogen-bond acceptors (Lipinski definition) is 4. The lowest BCUT2D eigenvalue weighted by molar-refractivity contribution is -0.138. The van der Waals surface area contributed by atoms with E-state index in [-0.39, 0.29) is 29.5 Å². The van der Waals surface area contributed by atoms with E-state index in [0.29, 0.717) is 44.5 Å². The molecule has 0 atom stereocenters. The summed E-state index contributed by atoms with van der Waals surface area (Å²) in [6.45, 7) is 4.79. The number of para-hydroxylation sites is 1. The van der Waals surface area contributed by atoms with Gasteiger partial charge < -0.3 is 19.4 Å². The molecule has 182 valence electrons. The van der Waals surface area contributed by atoms with Crippen LogP contribution >= 0.6 is 0 Å². The fourth-order valence-electron chi connectivity index (χ4n) is 4.76. The SMILES string of the molecule is CN1CCN(C(=O)CC2(COc3ccccc3)CCN(C(=O)Cc3ccccc3F)CC2)CC1. The number of hydrogen-bond donors (Lipinski definition) is 0. The molecule has 34 heavy (non-hydrogen) atoms. The minimum atomic E-state index is -0.351. The summed E-state index contributed by atoms with van der Waals surface area (Å²) < 4.78 is 20.1. The smallest absolute Gasteiger partial charge is 0.227 e. The summed E-state index contributed by atoms with van der Waals surface area (Å²) in [5, 5.41) is 0. The van der Waals surface area contributed by atoms with Gasteiger partial charge in [-0.1, -0.05) is 36.4 Å². The van der Waals surface area contributed by atoms with E-state index in [0.717, 1.165) is 31.9 Å². The van der Waals surface area contributed by atoms with Crippen molar-refractivity contribution in [2.45, 2.75) is 25.7 Å². The summed E-state index contributed by atoms with van der Waals surface area (Å²) in [5.74, 6) is 0.521. The van der Waals surface area contributed by atoms with Gasteiger partial charge in [0.05, 0.1) is 13.0 Å². The van der Waals surface area contributed by atoms with Gasteiger partial charge in [0.15, 0.2) is 0 Å². The lowest BCUT2D eigenvalue weighted by Gasteiger charge is -2.43. The second kappa shape index (κ2) is 11.0. The number of likely N-dealkylation sites (tertiary alicyclic amines) is 1. The molecule has 2 heterocycles. The number of rotatable bonds is 7. The Morgan fingerprint density at radius 3 is 2.15 bits per heavy atom. The van der Waals surface area contributed by atoms with Crippen molar-refractivity contribution in [3.8, 4) is 5.75 Å². The molecule has 2 amide bonds. The molecule has 0 spiro atoms. The Morgan fingerprint density at radius 2 is 1.47 bits per heavy atom. The van der Waals surface area contributed by atoms with Crippen LogP contribution in [0.15, 0.2) is 54.6 Å². The van der Waals surface area contributed by atoms with E-state index in [1.54, 1.807) is 23.1 Å². The molecule has 0 N–H and O–H groups in total. The average Bonchev–Trinajstić information content (AvgIpc) is 2.86. The number of benzene rings is 2. The van der Waals surface area contributed by atoms with Crippen LogP contribution in [0.25, 0.3) is 0 Å². The van der Waals surface area contributed by atoms with Gasteiger partial charge in [0.25, 0.3) is 0 Å². The highest BCUT2D eigenvalue weighted by Crippen LogP contribution is 2.37. The second-order valence-corrected chi connectivity index (χ2v) is 9.61. The predicted octanol–water partition coefficient (Wildman–Crippen LogP) is 3.22. The number of amides is 2. The summed E-state index contributed by atoms with van der Waals surface area (Å²) in [6.07, 6.45) is 1.84. The van der Waals surface area contributed by atoms with Gasteiger partial charge in [0.1, 0.15) is 11.6 Å². The zero-order valence-corrected chi connectivity index (χ0v) is 19.9. The van der Waals surface area contributed by atoms with E-state index in [1.165, 1.54) is 6.07 Å². The Hall–Kier alpha value is -2.93. The van der Waals surface area contributed by atoms with E-state index >= 15 is 0 Å². The molecule has 2 fully saturated rings. The quantitative estimate of drug-likeness (QED) is 0.628. The molecule has 0 aromatic heterocycles. The van der Waals surface area contributed by atoms with Gasteiger partial charge >= 0.3 is 0 Å². The zero-order chi connectivity index (χ0) is 24.0. The minimum Gasteiger partial charge on any atom is -0.493 e. The fraction of sp³-hybridized carbons (Fsp3) is 0.481. The van der Waals surface area contributed by atoms with Gasteiger partial charge in [-0.2, -0.15) is 0 Å². The summed E-state index contributed by atoms with van der Waals surface area (Å²) in [7, 11) is 2.07. The predicted molar refractivity (Wildman–Crippen MR) is 129 cm³/mol. The van der Waals surface area contributed by atoms with Crippen molar-refractivity contribution in [1.82, 2.24) is 14.7 Å². The zero-order valence-electron chi connectivity index (χ0n) is 19.9. The van der Waals surface area contributed by atoms with E-state index < -0.39 is 0 Å². The molecule has 2 saturated heterocycles. The summed E-state index contributed by atoms with van der Waals surface area (Å²) in [5.41, 5.74) is 0.0902. The van der Waals surface area contributed by atoms with Crippen LogP contribution < -0.4 is 4.74 Å². The van der Waals surface area contributed by atoms with Crippen LogP contribution in [0, 0.1) is 11.2 Å². The van der Waals surface area contributed by atoms with Crippen molar-refractivity contribution in [2.75, 3.05) is 52.9 Å². The third kappa shape index (κ3) is 6.14. The summed E-state index contributed by atoms with van der Waals surface area (Å²) in [4.78, 5) is 32.1. The second-order valence-electron chi connectivity index (χ2n) is 9.61. The van der Waals surface area contributed by atoms with Crippen molar-refractivity contribution >= 4 is 11.8 Å². The molecule has 0 unspecified atom stereocenters. The Labute approximate surface area is 201 Å². The van der Waals surface area contributed by atoms with Gasteiger partial charge in [0, 0.05) is 51.1 Å². The van der Waals surface area contributed by atoms with Crippen molar-refractivity contribution in [2.24, 2.45) is 5.41 Å². The van der Waals surface area contributed by atoms with Crippen molar-refractivity contribution in [3.05, 3.63) is 66.0 Å². The number of likely N-dealkylation sites (N-methyl/N-ethyl adjacent to an activating group) is 1. The molecule has 2 aromatic carbocycles. The highest BCUT2D eigenvalue weighted by Gasteiger charge is 2.40. The Bertz CT molecular complexity index is 968. The molecular formula is C27H34FN3O3. The van der Waals surface area contributed by atoms with Gasteiger partial charge in [-0.25, -0.2) is 4.39 Å². The topological polar surface area (TPSA) is 53.1 Å². The monoisotopic (exact) mass is 467 g/mol. The maximum atomic E-state index is 14.0. The molecule has 6 nitrogen and oxygen atoms in total. The molecule has 0 saturated carbocycles.